The summed E-state index contributed by atoms with van der Waals surface area (Å²) in [6.07, 6.45) is -1.24. The van der Waals surface area contributed by atoms with E-state index in [1.807, 2.05) is 0 Å². The van der Waals surface area contributed by atoms with Gasteiger partial charge in [-0.05, 0) is 6.42 Å². The van der Waals surface area contributed by atoms with E-state index in [0.29, 0.717) is 0 Å². The van der Waals surface area contributed by atoms with Gasteiger partial charge in [0, 0.05) is 0 Å². The normalized spacial score (nSPS) is 28.4. The van der Waals surface area contributed by atoms with E-state index in [-0.39, 0.29) is 6.42 Å². The maximum absolute atomic E-state index is 10.5. The number of hydrogen-bond donors (Lipinski definition) is 0. The Labute approximate surface area is 69.9 Å². The summed E-state index contributed by atoms with van der Waals surface area (Å²) < 4.78 is 53.8. The average molecular weight is 218 g/mol. The molecule has 0 amide bonds. The predicted molar refractivity (Wildman–Crippen MR) is 35.2 cm³/mol. The van der Waals surface area contributed by atoms with Crippen molar-refractivity contribution in [1.82, 2.24) is 0 Å². The largest absolute Gasteiger partial charge is 0.418 e. The molecule has 0 spiro atoms. The van der Waals surface area contributed by atoms with Crippen molar-refractivity contribution in [2.45, 2.75) is 19.6 Å². The summed E-state index contributed by atoms with van der Waals surface area (Å²) >= 11 is 0. The molecule has 0 aliphatic carbocycles. The molecule has 0 aromatic rings. The van der Waals surface area contributed by atoms with E-state index in [1.54, 1.807) is 0 Å². The van der Waals surface area contributed by atoms with Crippen LogP contribution in [-0.4, -0.2) is 23.1 Å². The molecule has 72 valence electrons. The third kappa shape index (κ3) is 2.38. The van der Waals surface area contributed by atoms with Gasteiger partial charge in [0.1, 0.15) is 0 Å². The van der Waals surface area contributed by atoms with Gasteiger partial charge in [-0.2, -0.15) is 16.8 Å². The van der Waals surface area contributed by atoms with E-state index in [4.69, 9.17) is 0 Å². The molecule has 1 heterocycles. The van der Waals surface area contributed by atoms with Crippen LogP contribution >= 0.6 is 0 Å². The molecule has 0 bridgehead atoms. The Morgan fingerprint density at radius 1 is 1.08 bits per heavy atom. The second-order valence-electron chi connectivity index (χ2n) is 1.91. The van der Waals surface area contributed by atoms with Gasteiger partial charge in [-0.3, -0.25) is 0 Å². The number of rotatable bonds is 1. The molecule has 0 aromatic carbocycles. The lowest BCUT2D eigenvalue weighted by molar-refractivity contribution is -0.0198. The lowest BCUT2D eigenvalue weighted by atomic mass is 10.5. The van der Waals surface area contributed by atoms with Crippen LogP contribution in [0.3, 0.4) is 0 Å². The van der Waals surface area contributed by atoms with Gasteiger partial charge in [0.05, 0.1) is 0 Å². The maximum atomic E-state index is 10.5. The third-order valence-electron chi connectivity index (χ3n) is 0.950. The molecule has 1 fully saturated rings. The zero-order valence-electron chi connectivity index (χ0n) is 5.96. The molecular weight excluding hydrogens is 212 g/mol. The molecule has 0 aromatic heterocycles. The minimum Gasteiger partial charge on any atom is -0.214 e. The van der Waals surface area contributed by atoms with Gasteiger partial charge in [-0.25, -0.2) is 8.37 Å². The summed E-state index contributed by atoms with van der Waals surface area (Å²) in [6, 6.07) is 0. The molecule has 0 unspecified atom stereocenters. The van der Waals surface area contributed by atoms with Crippen molar-refractivity contribution in [1.29, 1.82) is 0 Å². The fourth-order valence-electron chi connectivity index (χ4n) is 0.549. The van der Waals surface area contributed by atoms with Crippen LogP contribution in [-0.2, 0) is 32.8 Å². The molecule has 0 atom stereocenters. The third-order valence-corrected chi connectivity index (χ3v) is 3.18. The van der Waals surface area contributed by atoms with Gasteiger partial charge in [-0.1, -0.05) is 6.92 Å². The van der Waals surface area contributed by atoms with E-state index in [1.165, 1.54) is 6.92 Å². The first-order valence-corrected chi connectivity index (χ1v) is 5.59. The number of hydrogen-bond acceptors (Lipinski definition) is 7. The van der Waals surface area contributed by atoms with Crippen molar-refractivity contribution < 1.29 is 28.8 Å². The van der Waals surface area contributed by atoms with Gasteiger partial charge in [0.15, 0.2) is 6.29 Å². The highest BCUT2D eigenvalue weighted by Gasteiger charge is 2.37. The van der Waals surface area contributed by atoms with E-state index < -0.39 is 27.1 Å². The van der Waals surface area contributed by atoms with Crippen molar-refractivity contribution in [3.8, 4) is 0 Å². The Kier molecular flexibility index (Phi) is 2.40. The van der Waals surface area contributed by atoms with Crippen LogP contribution in [0.4, 0.5) is 0 Å². The minimum absolute atomic E-state index is 0.0851. The highest BCUT2D eigenvalue weighted by atomic mass is 32.3. The van der Waals surface area contributed by atoms with Crippen molar-refractivity contribution >= 4 is 20.8 Å². The van der Waals surface area contributed by atoms with Crippen LogP contribution in [0, 0.1) is 0 Å². The predicted octanol–water partition coefficient (Wildman–Crippen LogP) is -0.724. The Morgan fingerprint density at radius 3 is 1.83 bits per heavy atom. The smallest absolute Gasteiger partial charge is 0.214 e. The Hall–Kier alpha value is -0.220. The maximum Gasteiger partial charge on any atom is 0.418 e. The summed E-state index contributed by atoms with van der Waals surface area (Å²) in [5, 5.41) is 0. The average Bonchev–Trinajstić information content (AvgIpc) is 1.80. The molecule has 1 aliphatic rings. The monoisotopic (exact) mass is 218 g/mol. The molecular formula is C3H6O7S2. The van der Waals surface area contributed by atoms with Crippen LogP contribution in [0.5, 0.6) is 0 Å². The van der Waals surface area contributed by atoms with Crippen molar-refractivity contribution in [2.75, 3.05) is 0 Å². The summed E-state index contributed by atoms with van der Waals surface area (Å²) in [5.74, 6) is 0. The zero-order valence-corrected chi connectivity index (χ0v) is 7.59. The fraction of sp³-hybridized carbons (Fsp3) is 1.00. The van der Waals surface area contributed by atoms with Gasteiger partial charge < -0.3 is 0 Å². The van der Waals surface area contributed by atoms with E-state index >= 15 is 0 Å². The first-order valence-electron chi connectivity index (χ1n) is 2.92. The molecule has 12 heavy (non-hydrogen) atoms. The molecule has 1 saturated heterocycles. The van der Waals surface area contributed by atoms with Gasteiger partial charge in [0.2, 0.25) is 0 Å². The quantitative estimate of drug-likeness (QED) is 0.572. The molecule has 1 rings (SSSR count). The van der Waals surface area contributed by atoms with Crippen LogP contribution < -0.4 is 0 Å². The lowest BCUT2D eigenvalue weighted by Crippen LogP contribution is -2.33. The highest BCUT2D eigenvalue weighted by molar-refractivity contribution is 7.95. The van der Waals surface area contributed by atoms with Crippen molar-refractivity contribution in [2.24, 2.45) is 0 Å². The standard InChI is InChI=1S/C3H6O7S2/c1-2-3-8-11(4,5)10-12(6,7)9-3/h3H,2H2,1H3. The van der Waals surface area contributed by atoms with Crippen LogP contribution in [0.1, 0.15) is 13.3 Å². The van der Waals surface area contributed by atoms with Crippen LogP contribution in [0.25, 0.3) is 0 Å². The summed E-state index contributed by atoms with van der Waals surface area (Å²) in [6.45, 7) is 1.50. The first kappa shape index (κ1) is 9.86. The topological polar surface area (TPSA) is 96.0 Å². The summed E-state index contributed by atoms with van der Waals surface area (Å²) in [7, 11) is -8.93. The Bertz CT molecular complexity index is 316. The minimum atomic E-state index is -4.46. The zero-order chi connectivity index (χ0) is 9.41. The highest BCUT2D eigenvalue weighted by Crippen LogP contribution is 2.19. The molecule has 0 radical (unpaired) electrons. The summed E-state index contributed by atoms with van der Waals surface area (Å²) in [5.41, 5.74) is 0. The summed E-state index contributed by atoms with van der Waals surface area (Å²) in [4.78, 5) is 0. The van der Waals surface area contributed by atoms with E-state index in [2.05, 4.69) is 12.0 Å². The van der Waals surface area contributed by atoms with Crippen LogP contribution in [0.2, 0.25) is 0 Å². The van der Waals surface area contributed by atoms with Gasteiger partial charge >= 0.3 is 20.8 Å². The van der Waals surface area contributed by atoms with Gasteiger partial charge in [-0.15, -0.1) is 3.63 Å². The molecule has 0 saturated carbocycles. The SMILES string of the molecule is CCC1OS(=O)(=O)OS(=O)(=O)O1. The fourth-order valence-corrected chi connectivity index (χ4v) is 2.55. The van der Waals surface area contributed by atoms with Crippen LogP contribution in [0.15, 0.2) is 0 Å². The second kappa shape index (κ2) is 2.92. The van der Waals surface area contributed by atoms with E-state index in [0.717, 1.165) is 0 Å². The van der Waals surface area contributed by atoms with Gasteiger partial charge in [0.25, 0.3) is 0 Å². The molecule has 1 aliphatic heterocycles. The Morgan fingerprint density at radius 2 is 1.50 bits per heavy atom. The lowest BCUT2D eigenvalue weighted by Gasteiger charge is -2.19. The first-order chi connectivity index (χ1) is 5.35. The Balaban J connectivity index is 2.96. The molecule has 0 N–H and O–H groups in total. The molecule has 9 heteroatoms. The van der Waals surface area contributed by atoms with Crippen molar-refractivity contribution in [3.63, 3.8) is 0 Å². The van der Waals surface area contributed by atoms with E-state index in [9.17, 15) is 16.8 Å². The second-order valence-corrected chi connectivity index (χ2v) is 4.48. The molecule has 7 nitrogen and oxygen atoms in total. The van der Waals surface area contributed by atoms with Crippen molar-refractivity contribution in [3.05, 3.63) is 0 Å².